The number of halogens is 2. The number of urea groups is 1. The Morgan fingerprint density at radius 1 is 1.11 bits per heavy atom. The summed E-state index contributed by atoms with van der Waals surface area (Å²) in [6.07, 6.45) is 1.73. The van der Waals surface area contributed by atoms with Crippen molar-refractivity contribution in [2.24, 2.45) is 0 Å². The van der Waals surface area contributed by atoms with Crippen LogP contribution >= 0.6 is 0 Å². The first-order valence-corrected chi connectivity index (χ1v) is 10.2. The number of hydrogen-bond acceptors (Lipinski definition) is 3. The Balaban J connectivity index is 1.61. The van der Waals surface area contributed by atoms with Crippen molar-refractivity contribution in [2.45, 2.75) is 36.7 Å². The van der Waals surface area contributed by atoms with Crippen LogP contribution in [0.1, 0.15) is 31.4 Å². The number of amides is 2. The summed E-state index contributed by atoms with van der Waals surface area (Å²) in [7, 11) is -1.98. The molecule has 0 aliphatic heterocycles. The van der Waals surface area contributed by atoms with Crippen molar-refractivity contribution in [3.05, 3.63) is 59.7 Å². The van der Waals surface area contributed by atoms with Gasteiger partial charge in [0.05, 0.1) is 10.9 Å². The van der Waals surface area contributed by atoms with E-state index < -0.39 is 33.7 Å². The predicted molar refractivity (Wildman–Crippen MR) is 101 cm³/mol. The molecule has 9 heteroatoms. The molecule has 3 rings (SSSR count). The largest absolute Gasteiger partial charge is 0.331 e. The Morgan fingerprint density at radius 3 is 2.32 bits per heavy atom. The molecule has 1 fully saturated rings. The van der Waals surface area contributed by atoms with Crippen molar-refractivity contribution in [1.29, 1.82) is 0 Å². The van der Waals surface area contributed by atoms with E-state index in [-0.39, 0.29) is 10.9 Å². The summed E-state index contributed by atoms with van der Waals surface area (Å²) in [5.41, 5.74) is 0.821. The molecule has 1 saturated carbocycles. The van der Waals surface area contributed by atoms with Crippen LogP contribution in [0.4, 0.5) is 19.3 Å². The third kappa shape index (κ3) is 4.48. The minimum absolute atomic E-state index is 0.0614. The van der Waals surface area contributed by atoms with Crippen molar-refractivity contribution in [3.63, 3.8) is 0 Å². The molecule has 0 aromatic heterocycles. The van der Waals surface area contributed by atoms with E-state index in [2.05, 4.69) is 10.6 Å². The van der Waals surface area contributed by atoms with E-state index >= 15 is 0 Å². The van der Waals surface area contributed by atoms with Gasteiger partial charge in [0.2, 0.25) is 10.0 Å². The molecule has 1 atom stereocenters. The van der Waals surface area contributed by atoms with Gasteiger partial charge >= 0.3 is 6.03 Å². The van der Waals surface area contributed by atoms with Crippen LogP contribution in [0.5, 0.6) is 0 Å². The van der Waals surface area contributed by atoms with E-state index in [4.69, 9.17) is 0 Å². The summed E-state index contributed by atoms with van der Waals surface area (Å²) in [6, 6.07) is 8.22. The SMILES string of the molecule is CC(NC(=O)Nc1ccc(S(=O)(=O)N(C)C2CC2)cc1)c1ccc(F)c(F)c1. The molecule has 6 nitrogen and oxygen atoms in total. The summed E-state index contributed by atoms with van der Waals surface area (Å²) in [6.45, 7) is 1.63. The van der Waals surface area contributed by atoms with Gasteiger partial charge in [-0.3, -0.25) is 0 Å². The van der Waals surface area contributed by atoms with Gasteiger partial charge < -0.3 is 10.6 Å². The summed E-state index contributed by atoms with van der Waals surface area (Å²) < 4.78 is 52.6. The molecule has 0 bridgehead atoms. The Morgan fingerprint density at radius 2 is 1.75 bits per heavy atom. The number of anilines is 1. The number of carbonyl (C=O) groups is 1. The van der Waals surface area contributed by atoms with Gasteiger partial charge in [-0.1, -0.05) is 6.07 Å². The maximum absolute atomic E-state index is 13.3. The van der Waals surface area contributed by atoms with E-state index in [1.165, 1.54) is 34.6 Å². The fraction of sp³-hybridized carbons (Fsp3) is 0.316. The average Bonchev–Trinajstić information content (AvgIpc) is 3.48. The highest BCUT2D eigenvalue weighted by Gasteiger charge is 2.34. The first kappa shape index (κ1) is 20.2. The molecule has 2 amide bonds. The number of nitrogens with one attached hydrogen (secondary N) is 2. The molecule has 0 radical (unpaired) electrons. The van der Waals surface area contributed by atoms with Gasteiger partial charge in [-0.05, 0) is 61.7 Å². The van der Waals surface area contributed by atoms with Gasteiger partial charge in [0.1, 0.15) is 0 Å². The van der Waals surface area contributed by atoms with Crippen molar-refractivity contribution in [1.82, 2.24) is 9.62 Å². The zero-order chi connectivity index (χ0) is 20.5. The van der Waals surface area contributed by atoms with Crippen LogP contribution in [0.25, 0.3) is 0 Å². The van der Waals surface area contributed by atoms with Crippen molar-refractivity contribution < 1.29 is 22.0 Å². The molecule has 0 heterocycles. The lowest BCUT2D eigenvalue weighted by atomic mass is 10.1. The normalized spacial score (nSPS) is 15.3. The summed E-state index contributed by atoms with van der Waals surface area (Å²) >= 11 is 0. The minimum Gasteiger partial charge on any atom is -0.331 e. The van der Waals surface area contributed by atoms with E-state index in [1.54, 1.807) is 14.0 Å². The van der Waals surface area contributed by atoms with Crippen molar-refractivity contribution in [3.8, 4) is 0 Å². The fourth-order valence-corrected chi connectivity index (χ4v) is 4.16. The Kier molecular flexibility index (Phi) is 5.66. The van der Waals surface area contributed by atoms with Gasteiger partial charge in [-0.15, -0.1) is 0 Å². The molecule has 0 saturated heterocycles. The topological polar surface area (TPSA) is 78.5 Å². The van der Waals surface area contributed by atoms with Crippen LogP contribution in [0, 0.1) is 11.6 Å². The van der Waals surface area contributed by atoms with E-state index in [9.17, 15) is 22.0 Å². The third-order valence-electron chi connectivity index (χ3n) is 4.64. The molecule has 2 aromatic carbocycles. The maximum Gasteiger partial charge on any atom is 0.319 e. The number of hydrogen-bond donors (Lipinski definition) is 2. The highest BCUT2D eigenvalue weighted by Crippen LogP contribution is 2.30. The second-order valence-electron chi connectivity index (χ2n) is 6.77. The van der Waals surface area contributed by atoms with Gasteiger partial charge in [-0.25, -0.2) is 22.0 Å². The molecule has 1 aliphatic rings. The quantitative estimate of drug-likeness (QED) is 0.765. The zero-order valence-corrected chi connectivity index (χ0v) is 16.3. The molecule has 150 valence electrons. The van der Waals surface area contributed by atoms with Crippen molar-refractivity contribution >= 4 is 21.7 Å². The van der Waals surface area contributed by atoms with Crippen molar-refractivity contribution in [2.75, 3.05) is 12.4 Å². The van der Waals surface area contributed by atoms with Gasteiger partial charge in [0.25, 0.3) is 0 Å². The first-order chi connectivity index (χ1) is 13.2. The zero-order valence-electron chi connectivity index (χ0n) is 15.4. The highest BCUT2D eigenvalue weighted by molar-refractivity contribution is 7.89. The van der Waals surface area contributed by atoms with Gasteiger partial charge in [0, 0.05) is 18.8 Å². The van der Waals surface area contributed by atoms with Crippen LogP contribution in [0.2, 0.25) is 0 Å². The molecule has 28 heavy (non-hydrogen) atoms. The second kappa shape index (κ2) is 7.84. The van der Waals surface area contributed by atoms with E-state index in [1.807, 2.05) is 0 Å². The second-order valence-corrected chi connectivity index (χ2v) is 8.77. The monoisotopic (exact) mass is 409 g/mol. The molecular weight excluding hydrogens is 388 g/mol. The van der Waals surface area contributed by atoms with Crippen LogP contribution in [-0.4, -0.2) is 31.8 Å². The number of carbonyl (C=O) groups excluding carboxylic acids is 1. The molecule has 2 N–H and O–H groups in total. The first-order valence-electron chi connectivity index (χ1n) is 8.79. The lowest BCUT2D eigenvalue weighted by Gasteiger charge is -2.17. The minimum atomic E-state index is -3.54. The summed E-state index contributed by atoms with van der Waals surface area (Å²) in [5, 5.41) is 5.20. The lowest BCUT2D eigenvalue weighted by Crippen LogP contribution is -2.31. The lowest BCUT2D eigenvalue weighted by molar-refractivity contribution is 0.249. The summed E-state index contributed by atoms with van der Waals surface area (Å²) in [5.74, 6) is -1.94. The number of nitrogens with zero attached hydrogens (tertiary/aromatic N) is 1. The average molecular weight is 409 g/mol. The third-order valence-corrected chi connectivity index (χ3v) is 6.57. The highest BCUT2D eigenvalue weighted by atomic mass is 32.2. The fourth-order valence-electron chi connectivity index (χ4n) is 2.74. The van der Waals surface area contributed by atoms with Crippen LogP contribution in [-0.2, 0) is 10.0 Å². The Labute approximate surface area is 162 Å². The van der Waals surface area contributed by atoms with E-state index in [0.29, 0.717) is 11.3 Å². The Bertz CT molecular complexity index is 976. The van der Waals surface area contributed by atoms with Crippen LogP contribution in [0.15, 0.2) is 47.4 Å². The van der Waals surface area contributed by atoms with Crippen LogP contribution in [0.3, 0.4) is 0 Å². The van der Waals surface area contributed by atoms with Gasteiger partial charge in [-0.2, -0.15) is 4.31 Å². The Hall–Kier alpha value is -2.52. The van der Waals surface area contributed by atoms with Gasteiger partial charge in [0.15, 0.2) is 11.6 Å². The molecule has 1 unspecified atom stereocenters. The molecule has 2 aromatic rings. The predicted octanol–water partition coefficient (Wildman–Crippen LogP) is 3.63. The number of rotatable bonds is 6. The number of benzene rings is 2. The number of sulfonamides is 1. The molecular formula is C19H21F2N3O3S. The van der Waals surface area contributed by atoms with E-state index in [0.717, 1.165) is 25.0 Å². The smallest absolute Gasteiger partial charge is 0.319 e. The summed E-state index contributed by atoms with van der Waals surface area (Å²) in [4.78, 5) is 12.3. The molecule has 1 aliphatic carbocycles. The van der Waals surface area contributed by atoms with Crippen LogP contribution < -0.4 is 10.6 Å². The maximum atomic E-state index is 13.3. The molecule has 0 spiro atoms. The standard InChI is InChI=1S/C19H21F2N3O3S/c1-12(13-3-10-17(20)18(21)11-13)22-19(25)23-14-4-8-16(9-5-14)28(26,27)24(2)15-6-7-15/h3-5,8-12,15H,6-7H2,1-2H3,(H2,22,23,25).